The molecule has 240 valence electrons. The summed E-state index contributed by atoms with van der Waals surface area (Å²) in [7, 11) is 1.64. The van der Waals surface area contributed by atoms with E-state index in [1.165, 1.54) is 0 Å². The second kappa shape index (κ2) is 14.7. The van der Waals surface area contributed by atoms with Crippen LogP contribution >= 0.6 is 11.8 Å². The molecule has 0 unspecified atom stereocenters. The lowest BCUT2D eigenvalue weighted by molar-refractivity contribution is -0.245. The smallest absolute Gasteiger partial charge is 0.471 e. The number of rotatable bonds is 10. The minimum atomic E-state index is -5.02. The third kappa shape index (κ3) is 8.18. The van der Waals surface area contributed by atoms with Gasteiger partial charge in [-0.15, -0.1) is 11.8 Å². The maximum absolute atomic E-state index is 12.9. The van der Waals surface area contributed by atoms with E-state index in [1.807, 2.05) is 60.7 Å². The van der Waals surface area contributed by atoms with Gasteiger partial charge in [0.05, 0.1) is 25.9 Å². The number of amides is 2. The predicted octanol–water partition coefficient (Wildman–Crippen LogP) is 5.69. The van der Waals surface area contributed by atoms with Gasteiger partial charge in [0.2, 0.25) is 5.91 Å². The summed E-state index contributed by atoms with van der Waals surface area (Å²) in [5.41, 5.74) is 3.28. The molecule has 0 spiro atoms. The number of hydrogen-bond donors (Lipinski definition) is 2. The summed E-state index contributed by atoms with van der Waals surface area (Å²) >= 11 is 1.64. The summed E-state index contributed by atoms with van der Waals surface area (Å²) < 4.78 is 57.2. The molecular formula is C33H35F3N2O6S. The lowest BCUT2D eigenvalue weighted by Crippen LogP contribution is -2.50. The number of methoxy groups -OCH3 is 1. The van der Waals surface area contributed by atoms with Crippen LogP contribution in [0.2, 0.25) is 0 Å². The standard InChI is InChI=1S/C33H35F3N2O6S/c1-42-27-6-2-3-7-29(27)45-20-25-17-28(23-12-10-22(19-39)11-13-23)44-31(43-25)24-14-8-21(9-15-24)18-37-30(40)26-5-4-16-38(26)32(41)33(34,35)36/h2-3,6-15,25-26,28,31,39H,4-5,16-20H2,1H3,(H,37,40)/t25-,26+,28+,31+/m1/s1. The number of para-hydroxylation sites is 1. The Morgan fingerprint density at radius 2 is 1.69 bits per heavy atom. The molecule has 0 aliphatic carbocycles. The van der Waals surface area contributed by atoms with E-state index < -0.39 is 30.3 Å². The monoisotopic (exact) mass is 644 g/mol. The van der Waals surface area contributed by atoms with Crippen LogP contribution in [0.15, 0.2) is 77.7 Å². The van der Waals surface area contributed by atoms with E-state index >= 15 is 0 Å². The second-order valence-electron chi connectivity index (χ2n) is 10.9. The van der Waals surface area contributed by atoms with Crippen molar-refractivity contribution < 1.29 is 42.1 Å². The lowest BCUT2D eigenvalue weighted by Gasteiger charge is -2.36. The van der Waals surface area contributed by atoms with Crippen molar-refractivity contribution in [2.75, 3.05) is 19.4 Å². The molecule has 2 aliphatic heterocycles. The topological polar surface area (TPSA) is 97.3 Å². The molecule has 2 fully saturated rings. The van der Waals surface area contributed by atoms with Crippen molar-refractivity contribution in [3.63, 3.8) is 0 Å². The number of aliphatic hydroxyl groups is 1. The first-order valence-corrected chi connectivity index (χ1v) is 15.7. The van der Waals surface area contributed by atoms with Crippen LogP contribution in [0.1, 0.15) is 53.9 Å². The first-order valence-electron chi connectivity index (χ1n) is 14.7. The second-order valence-corrected chi connectivity index (χ2v) is 12.0. The SMILES string of the molecule is COc1ccccc1SC[C@H]1C[C@@H](c2ccc(CO)cc2)O[C@@H](c2ccc(CNC(=O)[C@@H]3CCCN3C(=O)C(F)(F)F)cc2)O1. The number of hydrogen-bond acceptors (Lipinski definition) is 7. The number of likely N-dealkylation sites (tertiary alicyclic amines) is 1. The van der Waals surface area contributed by atoms with Gasteiger partial charge in [-0.25, -0.2) is 0 Å². The van der Waals surface area contributed by atoms with Crippen LogP contribution in [-0.4, -0.2) is 59.6 Å². The van der Waals surface area contributed by atoms with Crippen molar-refractivity contribution >= 4 is 23.6 Å². The van der Waals surface area contributed by atoms with Gasteiger partial charge in [0.25, 0.3) is 0 Å². The number of aliphatic hydroxyl groups excluding tert-OH is 1. The van der Waals surface area contributed by atoms with Gasteiger partial charge in [-0.05, 0) is 41.7 Å². The van der Waals surface area contributed by atoms with Crippen molar-refractivity contribution in [1.82, 2.24) is 10.2 Å². The minimum absolute atomic E-state index is 0.0485. The third-order valence-corrected chi connectivity index (χ3v) is 9.07. The highest BCUT2D eigenvalue weighted by Gasteiger charge is 2.47. The molecule has 2 saturated heterocycles. The van der Waals surface area contributed by atoms with Crippen molar-refractivity contribution in [1.29, 1.82) is 0 Å². The number of halogens is 3. The Labute approximate surface area is 263 Å². The van der Waals surface area contributed by atoms with E-state index in [9.17, 15) is 27.9 Å². The quantitative estimate of drug-likeness (QED) is 0.274. The molecule has 3 aromatic carbocycles. The van der Waals surface area contributed by atoms with Gasteiger partial charge in [0.1, 0.15) is 11.8 Å². The normalized spacial score (nSPS) is 21.8. The minimum Gasteiger partial charge on any atom is -0.496 e. The molecular weight excluding hydrogens is 609 g/mol. The van der Waals surface area contributed by atoms with Crippen LogP contribution in [-0.2, 0) is 32.2 Å². The lowest BCUT2D eigenvalue weighted by atomic mass is 10.0. The van der Waals surface area contributed by atoms with Gasteiger partial charge in [-0.3, -0.25) is 9.59 Å². The van der Waals surface area contributed by atoms with E-state index in [4.69, 9.17) is 14.2 Å². The van der Waals surface area contributed by atoms with Crippen molar-refractivity contribution in [2.45, 2.75) is 68.0 Å². The first-order chi connectivity index (χ1) is 21.7. The molecule has 4 atom stereocenters. The van der Waals surface area contributed by atoms with Crippen LogP contribution in [0.25, 0.3) is 0 Å². The molecule has 2 heterocycles. The molecule has 8 nitrogen and oxygen atoms in total. The predicted molar refractivity (Wildman–Crippen MR) is 161 cm³/mol. The highest BCUT2D eigenvalue weighted by molar-refractivity contribution is 7.99. The number of thioether (sulfide) groups is 1. The Balaban J connectivity index is 1.25. The largest absolute Gasteiger partial charge is 0.496 e. The maximum atomic E-state index is 12.9. The molecule has 12 heteroatoms. The van der Waals surface area contributed by atoms with E-state index in [-0.39, 0.29) is 38.3 Å². The zero-order valence-electron chi connectivity index (χ0n) is 24.7. The molecule has 5 rings (SSSR count). The molecule has 2 aliphatic rings. The van der Waals surface area contributed by atoms with Gasteiger partial charge in [-0.2, -0.15) is 13.2 Å². The number of ether oxygens (including phenoxy) is 3. The summed E-state index contributed by atoms with van der Waals surface area (Å²) in [6.45, 7) is -0.0569. The maximum Gasteiger partial charge on any atom is 0.471 e. The number of alkyl halides is 3. The summed E-state index contributed by atoms with van der Waals surface area (Å²) in [4.78, 5) is 26.0. The Morgan fingerprint density at radius 1 is 1.00 bits per heavy atom. The summed E-state index contributed by atoms with van der Waals surface area (Å²) in [6.07, 6.45) is -4.97. The number of nitrogens with zero attached hydrogens (tertiary/aromatic N) is 1. The van der Waals surface area contributed by atoms with Crippen molar-refractivity contribution in [3.8, 4) is 5.75 Å². The highest BCUT2D eigenvalue weighted by atomic mass is 32.2. The zero-order valence-corrected chi connectivity index (χ0v) is 25.5. The van der Waals surface area contributed by atoms with E-state index in [2.05, 4.69) is 5.32 Å². The van der Waals surface area contributed by atoms with Gasteiger partial charge in [0, 0.05) is 35.7 Å². The Kier molecular flexibility index (Phi) is 10.7. The van der Waals surface area contributed by atoms with Gasteiger partial charge >= 0.3 is 12.1 Å². The van der Waals surface area contributed by atoms with Crippen molar-refractivity contribution in [2.24, 2.45) is 0 Å². The van der Waals surface area contributed by atoms with Gasteiger partial charge in [0.15, 0.2) is 6.29 Å². The van der Waals surface area contributed by atoms with E-state index in [0.29, 0.717) is 23.5 Å². The molecule has 2 N–H and O–H groups in total. The van der Waals surface area contributed by atoms with Crippen LogP contribution < -0.4 is 10.1 Å². The fourth-order valence-electron chi connectivity index (χ4n) is 5.49. The Bertz CT molecular complexity index is 1450. The molecule has 0 aromatic heterocycles. The van der Waals surface area contributed by atoms with Gasteiger partial charge in [-0.1, -0.05) is 60.7 Å². The van der Waals surface area contributed by atoms with E-state index in [1.54, 1.807) is 31.0 Å². The Morgan fingerprint density at radius 3 is 2.38 bits per heavy atom. The van der Waals surface area contributed by atoms with Crippen LogP contribution in [0.3, 0.4) is 0 Å². The fourth-order valence-corrected chi connectivity index (χ4v) is 6.54. The molecule has 0 radical (unpaired) electrons. The zero-order chi connectivity index (χ0) is 32.0. The first kappa shape index (κ1) is 32.8. The average Bonchev–Trinajstić information content (AvgIpc) is 3.56. The van der Waals surface area contributed by atoms with Crippen LogP contribution in [0.5, 0.6) is 5.75 Å². The third-order valence-electron chi connectivity index (χ3n) is 7.89. The summed E-state index contributed by atoms with van der Waals surface area (Å²) in [5.74, 6) is -1.15. The number of carbonyl (C=O) groups excluding carboxylic acids is 2. The fraction of sp³-hybridized carbons (Fsp3) is 0.394. The molecule has 3 aromatic rings. The number of carbonyl (C=O) groups is 2. The molecule has 2 amide bonds. The van der Waals surface area contributed by atoms with E-state index in [0.717, 1.165) is 32.9 Å². The molecule has 0 saturated carbocycles. The molecule has 0 bridgehead atoms. The number of nitrogens with one attached hydrogen (secondary N) is 1. The van der Waals surface area contributed by atoms with Gasteiger partial charge < -0.3 is 29.5 Å². The number of benzene rings is 3. The van der Waals surface area contributed by atoms with Crippen LogP contribution in [0, 0.1) is 0 Å². The Hall–Kier alpha value is -3.58. The molecule has 45 heavy (non-hydrogen) atoms. The highest BCUT2D eigenvalue weighted by Crippen LogP contribution is 2.40. The van der Waals surface area contributed by atoms with Crippen molar-refractivity contribution in [3.05, 3.63) is 95.1 Å². The average molecular weight is 645 g/mol. The van der Waals surface area contributed by atoms with Crippen LogP contribution in [0.4, 0.5) is 13.2 Å². The summed E-state index contributed by atoms with van der Waals surface area (Å²) in [6, 6.07) is 21.6. The summed E-state index contributed by atoms with van der Waals surface area (Å²) in [5, 5.41) is 12.1.